The fraction of sp³-hybridized carbons (Fsp3) is 0.705. The number of aliphatic hydroxyl groups is 5. The SMILES string of the molecule is CC/C=C/C=C/C=C\C=C/C=C/CCCCC(O)C(=O)NC(COC1OC(CO)C(O)C(O)C1OC(=O)CCCCCCCCC/C=C\C/C=C\CCCCC)C(O)/C=C/CCCCCCCCCCCC. The molecule has 11 heteroatoms. The summed E-state index contributed by atoms with van der Waals surface area (Å²) >= 11 is 0. The lowest BCUT2D eigenvalue weighted by Crippen LogP contribution is -2.61. The zero-order chi connectivity index (χ0) is 52.5. The van der Waals surface area contributed by atoms with Crippen molar-refractivity contribution in [2.45, 2.75) is 262 Å². The van der Waals surface area contributed by atoms with Gasteiger partial charge in [0.05, 0.1) is 25.4 Å². The monoisotopic (exact) mass is 1010 g/mol. The average Bonchev–Trinajstić information content (AvgIpc) is 3.38. The molecule has 1 rings (SSSR count). The Hall–Kier alpha value is -3.42. The maximum absolute atomic E-state index is 13.3. The van der Waals surface area contributed by atoms with Crippen LogP contribution in [0.3, 0.4) is 0 Å². The van der Waals surface area contributed by atoms with E-state index in [4.69, 9.17) is 14.2 Å². The molecule has 412 valence electrons. The highest BCUT2D eigenvalue weighted by atomic mass is 16.7. The Kier molecular flexibility index (Phi) is 44.9. The third kappa shape index (κ3) is 36.5. The smallest absolute Gasteiger partial charge is 0.306 e. The zero-order valence-electron chi connectivity index (χ0n) is 45.3. The van der Waals surface area contributed by atoms with Crippen LogP contribution in [0.4, 0.5) is 0 Å². The Morgan fingerprint density at radius 2 is 1.06 bits per heavy atom. The van der Waals surface area contributed by atoms with Gasteiger partial charge in [-0.05, 0) is 77.0 Å². The van der Waals surface area contributed by atoms with Gasteiger partial charge < -0.3 is 45.1 Å². The van der Waals surface area contributed by atoms with Crippen LogP contribution in [0, 0.1) is 0 Å². The predicted octanol–water partition coefficient (Wildman–Crippen LogP) is 12.8. The van der Waals surface area contributed by atoms with E-state index in [0.29, 0.717) is 12.8 Å². The van der Waals surface area contributed by atoms with Crippen molar-refractivity contribution in [2.24, 2.45) is 0 Å². The second-order valence-corrected chi connectivity index (χ2v) is 19.4. The molecule has 8 unspecified atom stereocenters. The van der Waals surface area contributed by atoms with E-state index in [0.717, 1.165) is 89.9 Å². The molecule has 0 aromatic rings. The van der Waals surface area contributed by atoms with Gasteiger partial charge in [-0.25, -0.2) is 0 Å². The minimum Gasteiger partial charge on any atom is -0.454 e. The van der Waals surface area contributed by atoms with E-state index in [1.54, 1.807) is 6.08 Å². The van der Waals surface area contributed by atoms with Gasteiger partial charge in [0, 0.05) is 6.42 Å². The quantitative estimate of drug-likeness (QED) is 0.0149. The first-order valence-electron chi connectivity index (χ1n) is 28.6. The third-order valence-electron chi connectivity index (χ3n) is 12.8. The van der Waals surface area contributed by atoms with Crippen molar-refractivity contribution < 1.29 is 49.3 Å². The molecule has 11 nitrogen and oxygen atoms in total. The highest BCUT2D eigenvalue weighted by molar-refractivity contribution is 5.80. The molecule has 6 N–H and O–H groups in total. The Bertz CT molecular complexity index is 1530. The van der Waals surface area contributed by atoms with E-state index >= 15 is 0 Å². The fourth-order valence-electron chi connectivity index (χ4n) is 8.29. The lowest BCUT2D eigenvalue weighted by molar-refractivity contribution is -0.305. The Balaban J connectivity index is 2.77. The van der Waals surface area contributed by atoms with Gasteiger partial charge in [-0.15, -0.1) is 0 Å². The van der Waals surface area contributed by atoms with Gasteiger partial charge in [-0.2, -0.15) is 0 Å². The summed E-state index contributed by atoms with van der Waals surface area (Å²) in [5, 5.41) is 56.7. The molecular weight excluding hydrogens is 907 g/mol. The number of carbonyl (C=O) groups excluding carboxylic acids is 2. The number of allylic oxidation sites excluding steroid dienone is 15. The average molecular weight is 1010 g/mol. The van der Waals surface area contributed by atoms with Crippen LogP contribution in [0.5, 0.6) is 0 Å². The first kappa shape index (κ1) is 66.6. The first-order chi connectivity index (χ1) is 35.2. The van der Waals surface area contributed by atoms with Crippen molar-refractivity contribution in [2.75, 3.05) is 13.2 Å². The Morgan fingerprint density at radius 3 is 1.64 bits per heavy atom. The van der Waals surface area contributed by atoms with E-state index in [9.17, 15) is 35.1 Å². The molecule has 1 saturated heterocycles. The summed E-state index contributed by atoms with van der Waals surface area (Å²) < 4.78 is 17.5. The number of rotatable bonds is 46. The van der Waals surface area contributed by atoms with Gasteiger partial charge in [0.1, 0.15) is 24.4 Å². The molecular formula is C61H103NO10. The second kappa shape index (κ2) is 48.5. The van der Waals surface area contributed by atoms with Gasteiger partial charge in [0.25, 0.3) is 0 Å². The minimum atomic E-state index is -1.63. The number of hydrogen-bond donors (Lipinski definition) is 6. The largest absolute Gasteiger partial charge is 0.454 e. The molecule has 0 aliphatic carbocycles. The van der Waals surface area contributed by atoms with Crippen LogP contribution in [-0.2, 0) is 23.8 Å². The standard InChI is InChI=1S/C61H103NO10/c1-4-7-10-13-16-19-22-25-27-28-29-31-34-37-40-43-46-49-56(66)72-59-58(68)57(67)55(50-63)71-61(59)70-51-52(53(64)47-44-41-38-35-32-24-21-18-15-12-9-6-3)62-60(69)54(65)48-45-42-39-36-33-30-26-23-20-17-14-11-8-5-2/h8,11,14,16-17,19-20,23,25-27,30,33,36,44,47,52-55,57-59,61,63-65,67-68H,4-7,9-10,12-13,15,18,21-22,24,28-29,31-32,34-35,37-43,45-46,48-51H2,1-3H3,(H,62,69)/b11-8+,17-14+,19-16-,23-20-,27-25-,30-26-,36-33+,47-44+. The summed E-state index contributed by atoms with van der Waals surface area (Å²) in [6.45, 7) is 5.56. The maximum Gasteiger partial charge on any atom is 0.306 e. The van der Waals surface area contributed by atoms with Crippen molar-refractivity contribution in [1.29, 1.82) is 0 Å². The van der Waals surface area contributed by atoms with Crippen molar-refractivity contribution in [3.8, 4) is 0 Å². The summed E-state index contributed by atoms with van der Waals surface area (Å²) in [4.78, 5) is 26.4. The molecule has 0 radical (unpaired) electrons. The van der Waals surface area contributed by atoms with E-state index < -0.39 is 67.4 Å². The van der Waals surface area contributed by atoms with Crippen LogP contribution < -0.4 is 5.32 Å². The maximum atomic E-state index is 13.3. The summed E-state index contributed by atoms with van der Waals surface area (Å²) in [7, 11) is 0. The number of carbonyl (C=O) groups is 2. The number of ether oxygens (including phenoxy) is 3. The number of unbranched alkanes of at least 4 members (excludes halogenated alkanes) is 22. The molecule has 72 heavy (non-hydrogen) atoms. The topological polar surface area (TPSA) is 175 Å². The second-order valence-electron chi connectivity index (χ2n) is 19.4. The molecule has 0 spiro atoms. The molecule has 0 bridgehead atoms. The van der Waals surface area contributed by atoms with Crippen LogP contribution in [0.2, 0.25) is 0 Å². The van der Waals surface area contributed by atoms with Gasteiger partial charge in [0.2, 0.25) is 5.91 Å². The predicted molar refractivity (Wildman–Crippen MR) is 296 cm³/mol. The van der Waals surface area contributed by atoms with Crippen LogP contribution >= 0.6 is 0 Å². The molecule has 1 heterocycles. The van der Waals surface area contributed by atoms with Gasteiger partial charge in [-0.3, -0.25) is 9.59 Å². The molecule has 8 atom stereocenters. The van der Waals surface area contributed by atoms with Crippen molar-refractivity contribution in [1.82, 2.24) is 5.32 Å². The van der Waals surface area contributed by atoms with Crippen LogP contribution in [0.1, 0.15) is 213 Å². The number of amides is 1. The fourth-order valence-corrected chi connectivity index (χ4v) is 8.29. The summed E-state index contributed by atoms with van der Waals surface area (Å²) in [6.07, 6.45) is 53.0. The zero-order valence-corrected chi connectivity index (χ0v) is 45.3. The van der Waals surface area contributed by atoms with Gasteiger partial charge >= 0.3 is 5.97 Å². The normalized spacial score (nSPS) is 20.2. The minimum absolute atomic E-state index is 0.104. The van der Waals surface area contributed by atoms with Crippen molar-refractivity contribution in [3.05, 3.63) is 97.2 Å². The highest BCUT2D eigenvalue weighted by Gasteiger charge is 2.47. The van der Waals surface area contributed by atoms with E-state index in [-0.39, 0.29) is 19.4 Å². The molecule has 0 aromatic carbocycles. The van der Waals surface area contributed by atoms with Crippen molar-refractivity contribution >= 4 is 11.9 Å². The molecule has 1 amide bonds. The number of esters is 1. The molecule has 1 fully saturated rings. The Morgan fingerprint density at radius 1 is 0.569 bits per heavy atom. The molecule has 1 aliphatic rings. The summed E-state index contributed by atoms with van der Waals surface area (Å²) in [6, 6.07) is -1.05. The summed E-state index contributed by atoms with van der Waals surface area (Å²) in [5.41, 5.74) is 0. The van der Waals surface area contributed by atoms with Crippen LogP contribution in [-0.4, -0.2) is 99.6 Å². The van der Waals surface area contributed by atoms with E-state index in [1.165, 1.54) is 77.0 Å². The lowest BCUT2D eigenvalue weighted by Gasteiger charge is -2.41. The molecule has 0 saturated carbocycles. The lowest BCUT2D eigenvalue weighted by atomic mass is 9.99. The van der Waals surface area contributed by atoms with Gasteiger partial charge in [0.15, 0.2) is 12.4 Å². The van der Waals surface area contributed by atoms with Crippen molar-refractivity contribution in [3.63, 3.8) is 0 Å². The number of hydrogen-bond acceptors (Lipinski definition) is 10. The van der Waals surface area contributed by atoms with Crippen LogP contribution in [0.15, 0.2) is 97.2 Å². The third-order valence-corrected chi connectivity index (χ3v) is 12.8. The number of aliphatic hydroxyl groups excluding tert-OH is 5. The van der Waals surface area contributed by atoms with Gasteiger partial charge in [-0.1, -0.05) is 227 Å². The van der Waals surface area contributed by atoms with E-state index in [1.807, 2.05) is 60.8 Å². The number of nitrogens with one attached hydrogen (secondary N) is 1. The highest BCUT2D eigenvalue weighted by Crippen LogP contribution is 2.26. The summed E-state index contributed by atoms with van der Waals surface area (Å²) in [5.74, 6) is -1.25. The van der Waals surface area contributed by atoms with Crippen LogP contribution in [0.25, 0.3) is 0 Å². The van der Waals surface area contributed by atoms with E-state index in [2.05, 4.69) is 56.5 Å². The Labute approximate surface area is 437 Å². The molecule has 0 aromatic heterocycles. The molecule has 1 aliphatic heterocycles. The first-order valence-corrected chi connectivity index (χ1v) is 28.6.